The number of allylic oxidation sites excluding steroid dienone is 2. The van der Waals surface area contributed by atoms with Gasteiger partial charge in [-0.1, -0.05) is 12.2 Å². The van der Waals surface area contributed by atoms with Gasteiger partial charge < -0.3 is 15.2 Å². The summed E-state index contributed by atoms with van der Waals surface area (Å²) in [6.45, 7) is 0. The largest absolute Gasteiger partial charge is 0.481 e. The van der Waals surface area contributed by atoms with Crippen LogP contribution in [-0.4, -0.2) is 30.1 Å². The molecule has 4 atom stereocenters. The van der Waals surface area contributed by atoms with Crippen LogP contribution in [0.2, 0.25) is 0 Å². The van der Waals surface area contributed by atoms with Gasteiger partial charge in [-0.3, -0.25) is 9.59 Å². The van der Waals surface area contributed by atoms with Gasteiger partial charge in [0, 0.05) is 0 Å². The number of methoxy groups -OCH3 is 1. The Bertz CT molecular complexity index is 665. The third-order valence-corrected chi connectivity index (χ3v) is 5.18. The Morgan fingerprint density at radius 1 is 1.27 bits per heavy atom. The van der Waals surface area contributed by atoms with Crippen molar-refractivity contribution in [1.29, 1.82) is 0 Å². The zero-order valence-corrected chi connectivity index (χ0v) is 12.6. The van der Waals surface area contributed by atoms with E-state index < -0.39 is 23.8 Å². The number of carbonyl (C=O) groups excluding carboxylic acids is 2. The third kappa shape index (κ3) is 2.31. The number of aliphatic carboxylic acids is 1. The van der Waals surface area contributed by atoms with Crippen molar-refractivity contribution < 1.29 is 24.2 Å². The van der Waals surface area contributed by atoms with E-state index in [4.69, 9.17) is 0 Å². The van der Waals surface area contributed by atoms with E-state index in [0.717, 1.165) is 0 Å². The molecule has 0 saturated heterocycles. The smallest absolute Gasteiger partial charge is 0.340 e. The van der Waals surface area contributed by atoms with E-state index >= 15 is 0 Å². The molecule has 1 heterocycles. The molecule has 2 aliphatic carbocycles. The summed E-state index contributed by atoms with van der Waals surface area (Å²) in [7, 11) is 1.27. The standard InChI is InChI=1S/C15H15NO5S/c1-21-15(20)9-4-5-22-13(9)16-12(17)10-7-2-3-8(6-7)11(10)14(18)19/h2-5,7-8,10-11H,6H2,1H3,(H,16,17)(H,18,19)/t7-,8+,10+,11+/m1/s1. The Hall–Kier alpha value is -2.15. The third-order valence-electron chi connectivity index (χ3n) is 4.35. The molecule has 22 heavy (non-hydrogen) atoms. The highest BCUT2D eigenvalue weighted by Gasteiger charge is 2.51. The highest BCUT2D eigenvalue weighted by Crippen LogP contribution is 2.48. The van der Waals surface area contributed by atoms with Gasteiger partial charge in [-0.2, -0.15) is 0 Å². The molecule has 1 aromatic heterocycles. The summed E-state index contributed by atoms with van der Waals surface area (Å²) in [6.07, 6.45) is 4.51. The Kier molecular flexibility index (Phi) is 3.74. The monoisotopic (exact) mass is 321 g/mol. The zero-order chi connectivity index (χ0) is 15.9. The Balaban J connectivity index is 1.80. The van der Waals surface area contributed by atoms with E-state index in [9.17, 15) is 19.5 Å². The molecule has 7 heteroatoms. The maximum Gasteiger partial charge on any atom is 0.340 e. The van der Waals surface area contributed by atoms with E-state index in [1.807, 2.05) is 12.2 Å². The molecule has 0 radical (unpaired) electrons. The fourth-order valence-electron chi connectivity index (χ4n) is 3.39. The molecule has 116 valence electrons. The molecule has 1 aromatic rings. The van der Waals surface area contributed by atoms with Crippen molar-refractivity contribution in [3.05, 3.63) is 29.2 Å². The van der Waals surface area contributed by atoms with Gasteiger partial charge in [0.05, 0.1) is 24.5 Å². The molecule has 6 nitrogen and oxygen atoms in total. The van der Waals surface area contributed by atoms with Gasteiger partial charge in [-0.25, -0.2) is 4.79 Å². The molecule has 2 N–H and O–H groups in total. The first kappa shape index (κ1) is 14.8. The SMILES string of the molecule is COC(=O)c1ccsc1NC(=O)[C@@H]1[C@@H](C(=O)O)[C@H]2C=C[C@@H]1C2. The number of thiophene rings is 1. The lowest BCUT2D eigenvalue weighted by Crippen LogP contribution is -2.36. The van der Waals surface area contributed by atoms with Crippen LogP contribution in [0, 0.1) is 23.7 Å². The molecule has 0 aromatic carbocycles. The fraction of sp³-hybridized carbons (Fsp3) is 0.400. The van der Waals surface area contributed by atoms with E-state index in [1.165, 1.54) is 18.4 Å². The molecule has 1 fully saturated rings. The van der Waals surface area contributed by atoms with Gasteiger partial charge in [0.2, 0.25) is 5.91 Å². The van der Waals surface area contributed by atoms with Crippen LogP contribution in [0.15, 0.2) is 23.6 Å². The van der Waals surface area contributed by atoms with Crippen molar-refractivity contribution in [3.8, 4) is 0 Å². The van der Waals surface area contributed by atoms with Crippen LogP contribution in [0.3, 0.4) is 0 Å². The summed E-state index contributed by atoms with van der Waals surface area (Å²) >= 11 is 1.21. The summed E-state index contributed by atoms with van der Waals surface area (Å²) in [5.74, 6) is -3.25. The highest BCUT2D eigenvalue weighted by molar-refractivity contribution is 7.14. The van der Waals surface area contributed by atoms with Crippen LogP contribution in [0.25, 0.3) is 0 Å². The van der Waals surface area contributed by atoms with Crippen LogP contribution in [0.1, 0.15) is 16.8 Å². The number of carbonyl (C=O) groups is 3. The number of rotatable bonds is 4. The second-order valence-corrected chi connectivity index (χ2v) is 6.40. The summed E-state index contributed by atoms with van der Waals surface area (Å²) in [4.78, 5) is 35.6. The predicted octanol–water partition coefficient (Wildman–Crippen LogP) is 2.00. The van der Waals surface area contributed by atoms with Gasteiger partial charge in [0.15, 0.2) is 0 Å². The first-order valence-corrected chi connectivity index (χ1v) is 7.78. The number of hydrogen-bond donors (Lipinski definition) is 2. The maximum absolute atomic E-state index is 12.5. The minimum atomic E-state index is -0.948. The topological polar surface area (TPSA) is 92.7 Å². The Morgan fingerprint density at radius 2 is 1.95 bits per heavy atom. The lowest BCUT2D eigenvalue weighted by molar-refractivity contribution is -0.146. The molecule has 0 unspecified atom stereocenters. The van der Waals surface area contributed by atoms with E-state index in [-0.39, 0.29) is 23.3 Å². The fourth-order valence-corrected chi connectivity index (χ4v) is 4.17. The number of hydrogen-bond acceptors (Lipinski definition) is 5. The number of fused-ring (bicyclic) bond motifs is 2. The number of carboxylic acids is 1. The molecule has 0 spiro atoms. The maximum atomic E-state index is 12.5. The van der Waals surface area contributed by atoms with Crippen LogP contribution in [0.5, 0.6) is 0 Å². The lowest BCUT2D eigenvalue weighted by atomic mass is 9.82. The first-order valence-electron chi connectivity index (χ1n) is 6.90. The first-order chi connectivity index (χ1) is 10.5. The van der Waals surface area contributed by atoms with E-state index in [0.29, 0.717) is 11.4 Å². The minimum Gasteiger partial charge on any atom is -0.481 e. The van der Waals surface area contributed by atoms with Gasteiger partial charge in [-0.15, -0.1) is 11.3 Å². The lowest BCUT2D eigenvalue weighted by Gasteiger charge is -2.23. The van der Waals surface area contributed by atoms with Gasteiger partial charge in [0.25, 0.3) is 0 Å². The number of nitrogens with one attached hydrogen (secondary N) is 1. The van der Waals surface area contributed by atoms with E-state index in [1.54, 1.807) is 11.4 Å². The van der Waals surface area contributed by atoms with Crippen molar-refractivity contribution in [2.45, 2.75) is 6.42 Å². The average molecular weight is 321 g/mol. The van der Waals surface area contributed by atoms with Crippen LogP contribution in [0.4, 0.5) is 5.00 Å². The Labute approximate surface area is 130 Å². The molecular formula is C15H15NO5S. The number of anilines is 1. The van der Waals surface area contributed by atoms with Gasteiger partial charge >= 0.3 is 11.9 Å². The number of esters is 1. The number of amides is 1. The normalized spacial score (nSPS) is 28.6. The molecule has 3 rings (SSSR count). The van der Waals surface area contributed by atoms with Crippen LogP contribution >= 0.6 is 11.3 Å². The van der Waals surface area contributed by atoms with Crippen molar-refractivity contribution in [2.75, 3.05) is 12.4 Å². The molecule has 0 aliphatic heterocycles. The van der Waals surface area contributed by atoms with Crippen molar-refractivity contribution in [3.63, 3.8) is 0 Å². The summed E-state index contributed by atoms with van der Waals surface area (Å²) in [5.41, 5.74) is 0.284. The average Bonchev–Trinajstić information content (AvgIpc) is 3.20. The predicted molar refractivity (Wildman–Crippen MR) is 79.6 cm³/mol. The van der Waals surface area contributed by atoms with Gasteiger partial charge in [0.1, 0.15) is 5.00 Å². The number of carboxylic acid groups (broad SMARTS) is 1. The minimum absolute atomic E-state index is 0.0485. The molecule has 2 aliphatic rings. The summed E-state index contributed by atoms with van der Waals surface area (Å²) in [5, 5.41) is 14.1. The summed E-state index contributed by atoms with van der Waals surface area (Å²) in [6, 6.07) is 1.57. The second kappa shape index (κ2) is 5.57. The Morgan fingerprint density at radius 3 is 2.59 bits per heavy atom. The molecular weight excluding hydrogens is 306 g/mol. The van der Waals surface area contributed by atoms with E-state index in [2.05, 4.69) is 10.1 Å². The molecule has 1 amide bonds. The zero-order valence-electron chi connectivity index (χ0n) is 11.8. The van der Waals surface area contributed by atoms with Crippen molar-refractivity contribution >= 4 is 34.2 Å². The van der Waals surface area contributed by atoms with Gasteiger partial charge in [-0.05, 0) is 29.7 Å². The van der Waals surface area contributed by atoms with Crippen molar-refractivity contribution in [2.24, 2.45) is 23.7 Å². The van der Waals surface area contributed by atoms with Crippen LogP contribution < -0.4 is 5.32 Å². The summed E-state index contributed by atoms with van der Waals surface area (Å²) < 4.78 is 4.66. The van der Waals surface area contributed by atoms with Crippen LogP contribution in [-0.2, 0) is 14.3 Å². The number of ether oxygens (including phenoxy) is 1. The molecule has 2 bridgehead atoms. The quantitative estimate of drug-likeness (QED) is 0.653. The second-order valence-electron chi connectivity index (χ2n) is 5.48. The van der Waals surface area contributed by atoms with Crippen molar-refractivity contribution in [1.82, 2.24) is 0 Å². The molecule has 1 saturated carbocycles. The highest BCUT2D eigenvalue weighted by atomic mass is 32.1.